The molecule has 2 saturated heterocycles. The Hall–Kier alpha value is -1.43. The lowest BCUT2D eigenvalue weighted by Crippen LogP contribution is -2.40. The average Bonchev–Trinajstić information content (AvgIpc) is 2.82. The molecule has 0 unspecified atom stereocenters. The van der Waals surface area contributed by atoms with Gasteiger partial charge in [0.1, 0.15) is 6.04 Å². The summed E-state index contributed by atoms with van der Waals surface area (Å²) in [4.78, 5) is 38.5. The smallest absolute Gasteiger partial charge is 0.329 e. The lowest BCUT2D eigenvalue weighted by molar-refractivity contribution is -0.198. The summed E-state index contributed by atoms with van der Waals surface area (Å²) in [6, 6.07) is -0.383. The summed E-state index contributed by atoms with van der Waals surface area (Å²) in [7, 11) is 0. The van der Waals surface area contributed by atoms with E-state index in [4.69, 9.17) is 4.84 Å². The Labute approximate surface area is 86.5 Å². The first kappa shape index (κ1) is 10.1. The Kier molecular flexibility index (Phi) is 2.68. The highest BCUT2D eigenvalue weighted by molar-refractivity contribution is 6.01. The molecule has 2 heterocycles. The summed E-state index contributed by atoms with van der Waals surface area (Å²) in [5, 5.41) is 3.52. The molecule has 0 aromatic carbocycles. The molecule has 82 valence electrons. The van der Waals surface area contributed by atoms with E-state index in [2.05, 4.69) is 5.32 Å². The Balaban J connectivity index is 1.93. The lowest BCUT2D eigenvalue weighted by Gasteiger charge is -2.15. The number of hydrogen-bond donors (Lipinski definition) is 1. The predicted molar refractivity (Wildman–Crippen MR) is 48.2 cm³/mol. The van der Waals surface area contributed by atoms with Gasteiger partial charge in [-0.15, -0.1) is 5.06 Å². The number of hydrogen-bond acceptors (Lipinski definition) is 5. The van der Waals surface area contributed by atoms with Crippen LogP contribution in [0.2, 0.25) is 0 Å². The van der Waals surface area contributed by atoms with E-state index in [1.807, 2.05) is 0 Å². The summed E-state index contributed by atoms with van der Waals surface area (Å²) in [5.41, 5.74) is 0. The van der Waals surface area contributed by atoms with Crippen LogP contribution in [0.1, 0.15) is 25.7 Å². The highest BCUT2D eigenvalue weighted by atomic mass is 16.7. The van der Waals surface area contributed by atoms with Gasteiger partial charge < -0.3 is 10.2 Å². The molecular weight excluding hydrogens is 200 g/mol. The third-order valence-electron chi connectivity index (χ3n) is 2.53. The molecule has 2 rings (SSSR count). The maximum Gasteiger partial charge on any atom is 0.349 e. The Morgan fingerprint density at radius 1 is 1.33 bits per heavy atom. The van der Waals surface area contributed by atoms with Crippen molar-refractivity contribution < 1.29 is 19.2 Å². The highest BCUT2D eigenvalue weighted by Gasteiger charge is 2.35. The van der Waals surface area contributed by atoms with Gasteiger partial charge in [-0.05, 0) is 19.4 Å². The maximum atomic E-state index is 11.5. The van der Waals surface area contributed by atoms with E-state index < -0.39 is 17.8 Å². The molecule has 2 fully saturated rings. The van der Waals surface area contributed by atoms with E-state index in [0.717, 1.165) is 13.0 Å². The van der Waals surface area contributed by atoms with E-state index >= 15 is 0 Å². The van der Waals surface area contributed by atoms with Crippen molar-refractivity contribution in [2.45, 2.75) is 31.7 Å². The van der Waals surface area contributed by atoms with Crippen molar-refractivity contribution >= 4 is 17.8 Å². The minimum absolute atomic E-state index is 0.129. The second-order valence-corrected chi connectivity index (χ2v) is 3.64. The van der Waals surface area contributed by atoms with Gasteiger partial charge in [-0.1, -0.05) is 0 Å². The fourth-order valence-corrected chi connectivity index (χ4v) is 1.70. The number of amides is 2. The molecule has 2 amide bonds. The molecule has 15 heavy (non-hydrogen) atoms. The monoisotopic (exact) mass is 212 g/mol. The molecule has 6 heteroatoms. The van der Waals surface area contributed by atoms with Crippen molar-refractivity contribution in [3.8, 4) is 0 Å². The van der Waals surface area contributed by atoms with E-state index in [-0.39, 0.29) is 18.9 Å². The van der Waals surface area contributed by atoms with Crippen LogP contribution in [0.3, 0.4) is 0 Å². The quantitative estimate of drug-likeness (QED) is 0.615. The molecule has 1 N–H and O–H groups in total. The van der Waals surface area contributed by atoms with Crippen LogP contribution in [0.4, 0.5) is 0 Å². The zero-order valence-corrected chi connectivity index (χ0v) is 8.19. The van der Waals surface area contributed by atoms with Crippen LogP contribution in [0, 0.1) is 0 Å². The number of hydroxylamine groups is 2. The van der Waals surface area contributed by atoms with Gasteiger partial charge in [0.25, 0.3) is 11.8 Å². The lowest BCUT2D eigenvalue weighted by atomic mass is 10.2. The fourth-order valence-electron chi connectivity index (χ4n) is 1.70. The SMILES string of the molecule is O=C(ON1C(=O)CCC1=O)[C@@H]1CCCN1. The molecule has 1 atom stereocenters. The van der Waals surface area contributed by atoms with E-state index in [1.165, 1.54) is 0 Å². The van der Waals surface area contributed by atoms with Crippen LogP contribution in [-0.2, 0) is 19.2 Å². The van der Waals surface area contributed by atoms with E-state index in [9.17, 15) is 14.4 Å². The van der Waals surface area contributed by atoms with Crippen LogP contribution in [0.5, 0.6) is 0 Å². The second-order valence-electron chi connectivity index (χ2n) is 3.64. The first-order valence-corrected chi connectivity index (χ1v) is 4.99. The molecule has 0 spiro atoms. The average molecular weight is 212 g/mol. The highest BCUT2D eigenvalue weighted by Crippen LogP contribution is 2.14. The standard InChI is InChI=1S/C9H12N2O4/c12-7-3-4-8(13)11(7)15-9(14)6-2-1-5-10-6/h6,10H,1-5H2/t6-/m0/s1. The summed E-state index contributed by atoms with van der Waals surface area (Å²) < 4.78 is 0. The molecule has 0 bridgehead atoms. The normalized spacial score (nSPS) is 26.1. The van der Waals surface area contributed by atoms with Crippen LogP contribution < -0.4 is 5.32 Å². The molecule has 6 nitrogen and oxygen atoms in total. The minimum Gasteiger partial charge on any atom is -0.329 e. The Bertz CT molecular complexity index is 293. The Morgan fingerprint density at radius 2 is 2.00 bits per heavy atom. The van der Waals surface area contributed by atoms with Gasteiger partial charge in [0, 0.05) is 12.8 Å². The first-order chi connectivity index (χ1) is 7.18. The van der Waals surface area contributed by atoms with Gasteiger partial charge in [0.15, 0.2) is 0 Å². The van der Waals surface area contributed by atoms with Crippen LogP contribution in [0.25, 0.3) is 0 Å². The van der Waals surface area contributed by atoms with Gasteiger partial charge in [-0.25, -0.2) is 4.79 Å². The number of nitrogens with zero attached hydrogens (tertiary/aromatic N) is 1. The summed E-state index contributed by atoms with van der Waals surface area (Å²) in [6.07, 6.45) is 1.85. The fraction of sp³-hybridized carbons (Fsp3) is 0.667. The van der Waals surface area contributed by atoms with Gasteiger partial charge in [-0.3, -0.25) is 9.59 Å². The molecule has 0 radical (unpaired) electrons. The summed E-state index contributed by atoms with van der Waals surface area (Å²) >= 11 is 0. The van der Waals surface area contributed by atoms with Crippen molar-refractivity contribution in [1.29, 1.82) is 0 Å². The van der Waals surface area contributed by atoms with Crippen molar-refractivity contribution in [1.82, 2.24) is 10.4 Å². The Morgan fingerprint density at radius 3 is 2.53 bits per heavy atom. The number of carbonyl (C=O) groups excluding carboxylic acids is 3. The van der Waals surface area contributed by atoms with Gasteiger partial charge in [-0.2, -0.15) is 0 Å². The van der Waals surface area contributed by atoms with Crippen LogP contribution in [-0.4, -0.2) is 35.4 Å². The van der Waals surface area contributed by atoms with Crippen molar-refractivity contribution in [3.63, 3.8) is 0 Å². The summed E-state index contributed by atoms with van der Waals surface area (Å²) in [6.45, 7) is 0.766. The molecule has 0 aromatic heterocycles. The van der Waals surface area contributed by atoms with Crippen molar-refractivity contribution in [2.75, 3.05) is 6.54 Å². The van der Waals surface area contributed by atoms with Crippen LogP contribution in [0.15, 0.2) is 0 Å². The molecular formula is C9H12N2O4. The third-order valence-corrected chi connectivity index (χ3v) is 2.53. The zero-order valence-electron chi connectivity index (χ0n) is 8.19. The first-order valence-electron chi connectivity index (χ1n) is 4.99. The molecule has 2 aliphatic heterocycles. The number of carbonyl (C=O) groups is 3. The van der Waals surface area contributed by atoms with Gasteiger partial charge in [0.05, 0.1) is 0 Å². The molecule has 0 aromatic rings. The largest absolute Gasteiger partial charge is 0.349 e. The minimum atomic E-state index is -0.545. The number of imide groups is 1. The van der Waals surface area contributed by atoms with Gasteiger partial charge >= 0.3 is 5.97 Å². The molecule has 0 saturated carbocycles. The topological polar surface area (TPSA) is 75.7 Å². The van der Waals surface area contributed by atoms with Crippen molar-refractivity contribution in [2.24, 2.45) is 0 Å². The second kappa shape index (κ2) is 3.98. The van der Waals surface area contributed by atoms with Gasteiger partial charge in [0.2, 0.25) is 0 Å². The molecule has 2 aliphatic rings. The molecule has 0 aliphatic carbocycles. The summed E-state index contributed by atoms with van der Waals surface area (Å²) in [5.74, 6) is -1.42. The van der Waals surface area contributed by atoms with E-state index in [0.29, 0.717) is 11.5 Å². The van der Waals surface area contributed by atoms with E-state index in [1.54, 1.807) is 0 Å². The maximum absolute atomic E-state index is 11.5. The zero-order chi connectivity index (χ0) is 10.8. The van der Waals surface area contributed by atoms with Crippen LogP contribution >= 0.6 is 0 Å². The third kappa shape index (κ3) is 1.99. The number of nitrogens with one attached hydrogen (secondary N) is 1. The van der Waals surface area contributed by atoms with Crippen molar-refractivity contribution in [3.05, 3.63) is 0 Å². The predicted octanol–water partition coefficient (Wildman–Crippen LogP) is -0.654. The number of rotatable bonds is 2.